The van der Waals surface area contributed by atoms with E-state index in [0.29, 0.717) is 25.9 Å². The number of likely N-dealkylation sites (tertiary alicyclic amines) is 1. The van der Waals surface area contributed by atoms with E-state index in [1.807, 2.05) is 0 Å². The highest BCUT2D eigenvalue weighted by Crippen LogP contribution is 2.37. The summed E-state index contributed by atoms with van der Waals surface area (Å²) in [6.45, 7) is 0.977. The third-order valence-electron chi connectivity index (χ3n) is 5.37. The summed E-state index contributed by atoms with van der Waals surface area (Å²) < 4.78 is 0. The lowest BCUT2D eigenvalue weighted by Gasteiger charge is -2.41. The Bertz CT molecular complexity index is 479. The molecular formula is C15H23N3O4. The maximum absolute atomic E-state index is 12.2. The molecule has 7 nitrogen and oxygen atoms in total. The van der Waals surface area contributed by atoms with Crippen molar-refractivity contribution in [3.05, 3.63) is 0 Å². The molecule has 3 fully saturated rings. The monoisotopic (exact) mass is 309 g/mol. The molecule has 3 rings (SSSR count). The van der Waals surface area contributed by atoms with E-state index in [4.69, 9.17) is 0 Å². The summed E-state index contributed by atoms with van der Waals surface area (Å²) in [6, 6.07) is 0.222. The van der Waals surface area contributed by atoms with Gasteiger partial charge in [0.15, 0.2) is 0 Å². The summed E-state index contributed by atoms with van der Waals surface area (Å²) >= 11 is 0. The molecule has 3 N–H and O–H groups in total. The molecule has 2 heterocycles. The molecule has 2 saturated heterocycles. The Morgan fingerprint density at radius 3 is 2.45 bits per heavy atom. The highest BCUT2D eigenvalue weighted by atomic mass is 16.4. The van der Waals surface area contributed by atoms with Crippen molar-refractivity contribution < 1.29 is 19.5 Å². The number of hydrogen-bond acceptors (Lipinski definition) is 3. The molecule has 1 atom stereocenters. The van der Waals surface area contributed by atoms with Crippen molar-refractivity contribution in [3.63, 3.8) is 0 Å². The molecule has 122 valence electrons. The summed E-state index contributed by atoms with van der Waals surface area (Å²) in [5.74, 6) is -1.81. The van der Waals surface area contributed by atoms with Crippen LogP contribution in [0.2, 0.25) is 0 Å². The number of aliphatic carboxylic acids is 1. The number of amides is 3. The highest BCUT2D eigenvalue weighted by molar-refractivity contribution is 5.88. The van der Waals surface area contributed by atoms with Gasteiger partial charge in [-0.25, -0.2) is 4.79 Å². The summed E-state index contributed by atoms with van der Waals surface area (Å²) in [5, 5.41) is 15.2. The van der Waals surface area contributed by atoms with Crippen molar-refractivity contribution in [1.29, 1.82) is 0 Å². The number of urea groups is 1. The number of rotatable bonds is 2. The maximum atomic E-state index is 12.2. The van der Waals surface area contributed by atoms with E-state index in [1.54, 1.807) is 4.90 Å². The second-order valence-corrected chi connectivity index (χ2v) is 6.72. The van der Waals surface area contributed by atoms with E-state index in [2.05, 4.69) is 10.6 Å². The average molecular weight is 309 g/mol. The third-order valence-corrected chi connectivity index (χ3v) is 5.37. The molecule has 0 aromatic heterocycles. The molecule has 0 bridgehead atoms. The zero-order chi connectivity index (χ0) is 15.7. The van der Waals surface area contributed by atoms with Crippen molar-refractivity contribution in [2.75, 3.05) is 13.1 Å². The largest absolute Gasteiger partial charge is 0.481 e. The van der Waals surface area contributed by atoms with Gasteiger partial charge in [0.1, 0.15) is 0 Å². The maximum Gasteiger partial charge on any atom is 0.317 e. The summed E-state index contributed by atoms with van der Waals surface area (Å²) in [4.78, 5) is 37.0. The Morgan fingerprint density at radius 2 is 1.86 bits per heavy atom. The van der Waals surface area contributed by atoms with Crippen molar-refractivity contribution >= 4 is 17.9 Å². The number of carboxylic acids is 1. The van der Waals surface area contributed by atoms with Crippen LogP contribution in [0.25, 0.3) is 0 Å². The van der Waals surface area contributed by atoms with E-state index < -0.39 is 17.4 Å². The van der Waals surface area contributed by atoms with E-state index in [-0.39, 0.29) is 24.4 Å². The minimum absolute atomic E-state index is 0.0452. The number of nitrogens with zero attached hydrogens (tertiary/aromatic N) is 1. The topological polar surface area (TPSA) is 98.7 Å². The van der Waals surface area contributed by atoms with Gasteiger partial charge in [0.05, 0.1) is 11.5 Å². The van der Waals surface area contributed by atoms with Gasteiger partial charge in [0, 0.05) is 25.6 Å². The zero-order valence-electron chi connectivity index (χ0n) is 12.6. The van der Waals surface area contributed by atoms with E-state index in [9.17, 15) is 19.5 Å². The average Bonchev–Trinajstić information content (AvgIpc) is 3.08. The van der Waals surface area contributed by atoms with Crippen LogP contribution in [0.1, 0.15) is 44.9 Å². The number of carbonyl (C=O) groups is 3. The van der Waals surface area contributed by atoms with Crippen LogP contribution in [0, 0.1) is 5.92 Å². The number of nitrogens with one attached hydrogen (secondary N) is 2. The van der Waals surface area contributed by atoms with Gasteiger partial charge in [-0.2, -0.15) is 0 Å². The number of hydrogen-bond donors (Lipinski definition) is 3. The molecule has 3 aliphatic rings. The van der Waals surface area contributed by atoms with Crippen LogP contribution in [0.15, 0.2) is 0 Å². The Hall–Kier alpha value is -1.79. The Labute approximate surface area is 129 Å². The van der Waals surface area contributed by atoms with Gasteiger partial charge >= 0.3 is 12.0 Å². The number of carboxylic acid groups (broad SMARTS) is 1. The van der Waals surface area contributed by atoms with Crippen molar-refractivity contribution in [2.24, 2.45) is 5.92 Å². The van der Waals surface area contributed by atoms with Crippen LogP contribution < -0.4 is 10.6 Å². The lowest BCUT2D eigenvalue weighted by atomic mass is 9.78. The molecular weight excluding hydrogens is 286 g/mol. The van der Waals surface area contributed by atoms with Crippen molar-refractivity contribution in [1.82, 2.24) is 15.5 Å². The Balaban J connectivity index is 1.58. The molecule has 3 amide bonds. The van der Waals surface area contributed by atoms with Crippen LogP contribution in [-0.2, 0) is 9.59 Å². The van der Waals surface area contributed by atoms with Crippen LogP contribution in [0.5, 0.6) is 0 Å². The predicted octanol–water partition coefficient (Wildman–Crippen LogP) is 0.694. The molecule has 22 heavy (non-hydrogen) atoms. The molecule has 1 saturated carbocycles. The first-order valence-corrected chi connectivity index (χ1v) is 8.09. The Kier molecular flexibility index (Phi) is 3.97. The normalized spacial score (nSPS) is 27.9. The number of carbonyl (C=O) groups excluding carboxylic acids is 2. The van der Waals surface area contributed by atoms with Crippen molar-refractivity contribution in [3.8, 4) is 0 Å². The van der Waals surface area contributed by atoms with Crippen LogP contribution in [-0.4, -0.2) is 52.6 Å². The van der Waals surface area contributed by atoms with Gasteiger partial charge in [0.2, 0.25) is 5.91 Å². The number of piperidine rings is 1. The van der Waals surface area contributed by atoms with Gasteiger partial charge in [-0.3, -0.25) is 9.59 Å². The molecule has 1 unspecified atom stereocenters. The first-order chi connectivity index (χ1) is 10.5. The van der Waals surface area contributed by atoms with E-state index >= 15 is 0 Å². The van der Waals surface area contributed by atoms with E-state index in [1.165, 1.54) is 12.8 Å². The first-order valence-electron chi connectivity index (χ1n) is 8.09. The van der Waals surface area contributed by atoms with Gasteiger partial charge in [-0.15, -0.1) is 0 Å². The van der Waals surface area contributed by atoms with Crippen molar-refractivity contribution in [2.45, 2.75) is 56.5 Å². The third kappa shape index (κ3) is 2.76. The SMILES string of the molecule is O=C1CC(C(=O)O)C2(CCN(C(=O)NC3CCCC3)CC2)N1. The highest BCUT2D eigenvalue weighted by Gasteiger charge is 2.52. The molecule has 2 aliphatic heterocycles. The minimum Gasteiger partial charge on any atom is -0.481 e. The van der Waals surface area contributed by atoms with Crippen LogP contribution in [0.4, 0.5) is 4.79 Å². The van der Waals surface area contributed by atoms with Crippen LogP contribution in [0.3, 0.4) is 0 Å². The Morgan fingerprint density at radius 1 is 1.23 bits per heavy atom. The molecule has 0 aromatic carbocycles. The fraction of sp³-hybridized carbons (Fsp3) is 0.800. The van der Waals surface area contributed by atoms with Gasteiger partial charge in [0.25, 0.3) is 0 Å². The van der Waals surface area contributed by atoms with Gasteiger partial charge in [-0.1, -0.05) is 12.8 Å². The van der Waals surface area contributed by atoms with Gasteiger partial charge in [-0.05, 0) is 25.7 Å². The fourth-order valence-electron chi connectivity index (χ4n) is 4.04. The predicted molar refractivity (Wildman–Crippen MR) is 78.2 cm³/mol. The fourth-order valence-corrected chi connectivity index (χ4v) is 4.04. The molecule has 0 aromatic rings. The molecule has 0 radical (unpaired) electrons. The molecule has 7 heteroatoms. The van der Waals surface area contributed by atoms with Gasteiger partial charge < -0.3 is 20.6 Å². The van der Waals surface area contributed by atoms with E-state index in [0.717, 1.165) is 12.8 Å². The summed E-state index contributed by atoms with van der Waals surface area (Å²) in [6.07, 6.45) is 5.48. The van der Waals surface area contributed by atoms with Crippen LogP contribution >= 0.6 is 0 Å². The quantitative estimate of drug-likeness (QED) is 0.699. The smallest absolute Gasteiger partial charge is 0.317 e. The standard InChI is InChI=1S/C15H23N3O4/c19-12-9-11(13(20)21)15(17-12)5-7-18(8-6-15)14(22)16-10-3-1-2-4-10/h10-11H,1-9H2,(H,16,22)(H,17,19)(H,20,21). The summed E-state index contributed by atoms with van der Waals surface area (Å²) in [5.41, 5.74) is -0.674. The minimum atomic E-state index is -0.929. The second kappa shape index (κ2) is 5.78. The molecule has 1 aliphatic carbocycles. The lowest BCUT2D eigenvalue weighted by Crippen LogP contribution is -2.58. The first kappa shape index (κ1) is 15.1. The lowest BCUT2D eigenvalue weighted by molar-refractivity contribution is -0.144. The second-order valence-electron chi connectivity index (χ2n) is 6.72. The summed E-state index contributed by atoms with van der Waals surface area (Å²) in [7, 11) is 0. The zero-order valence-corrected chi connectivity index (χ0v) is 12.6. The molecule has 1 spiro atoms.